The summed E-state index contributed by atoms with van der Waals surface area (Å²) in [5.74, 6) is -2.14. The van der Waals surface area contributed by atoms with Gasteiger partial charge in [0.05, 0.1) is 26.4 Å². The Balaban J connectivity index is 5.30. The van der Waals surface area contributed by atoms with Crippen LogP contribution in [0.4, 0.5) is 0 Å². The summed E-state index contributed by atoms with van der Waals surface area (Å²) in [6.45, 7) is 4.94. The number of phosphoric acid groups is 2. The molecule has 0 rings (SSSR count). The predicted molar refractivity (Wildman–Crippen MR) is 391 cm³/mol. The van der Waals surface area contributed by atoms with Crippen molar-refractivity contribution in [3.05, 3.63) is 24.3 Å². The van der Waals surface area contributed by atoms with Crippen LogP contribution in [0, 0.1) is 0 Å². The number of carbonyl (C=O) groups excluding carboxylic acids is 4. The number of aliphatic hydroxyl groups is 1. The fourth-order valence-corrected chi connectivity index (χ4v) is 12.9. The smallest absolute Gasteiger partial charge is 0.462 e. The van der Waals surface area contributed by atoms with Crippen molar-refractivity contribution in [2.45, 2.75) is 406 Å². The van der Waals surface area contributed by atoms with E-state index in [9.17, 15) is 43.2 Å². The number of allylic oxidation sites excluding steroid dienone is 4. The maximum absolute atomic E-state index is 13.1. The fourth-order valence-electron chi connectivity index (χ4n) is 11.3. The third-order valence-electron chi connectivity index (χ3n) is 17.4. The van der Waals surface area contributed by atoms with E-state index in [0.717, 1.165) is 116 Å². The average Bonchev–Trinajstić information content (AvgIpc) is 1.19. The van der Waals surface area contributed by atoms with E-state index < -0.39 is 97.5 Å². The molecule has 0 bridgehead atoms. The van der Waals surface area contributed by atoms with Crippen LogP contribution in [-0.4, -0.2) is 96.7 Å². The second-order valence-electron chi connectivity index (χ2n) is 27.0. The molecule has 4 atom stereocenters. The first-order valence-corrected chi connectivity index (χ1v) is 42.6. The molecule has 0 aliphatic heterocycles. The lowest BCUT2D eigenvalue weighted by Crippen LogP contribution is -2.30. The number of hydrogen-bond donors (Lipinski definition) is 3. The molecule has 0 saturated heterocycles. The zero-order valence-corrected chi connectivity index (χ0v) is 63.6. The number of rotatable bonds is 76. The van der Waals surface area contributed by atoms with E-state index in [0.29, 0.717) is 25.7 Å². The van der Waals surface area contributed by atoms with Crippen molar-refractivity contribution in [2.75, 3.05) is 39.6 Å². The lowest BCUT2D eigenvalue weighted by molar-refractivity contribution is -0.161. The number of phosphoric ester groups is 2. The molecule has 566 valence electrons. The monoisotopic (exact) mass is 1410 g/mol. The van der Waals surface area contributed by atoms with Crippen LogP contribution in [0.3, 0.4) is 0 Å². The van der Waals surface area contributed by atoms with Crippen LogP contribution >= 0.6 is 15.6 Å². The maximum atomic E-state index is 13.1. The minimum atomic E-state index is -4.96. The Morgan fingerprint density at radius 3 is 0.719 bits per heavy atom. The van der Waals surface area contributed by atoms with Gasteiger partial charge in [-0.25, -0.2) is 9.13 Å². The van der Waals surface area contributed by atoms with Crippen molar-refractivity contribution in [1.29, 1.82) is 0 Å². The highest BCUT2D eigenvalue weighted by molar-refractivity contribution is 7.47. The Bertz CT molecular complexity index is 1790. The van der Waals surface area contributed by atoms with Crippen LogP contribution in [-0.2, 0) is 65.4 Å². The van der Waals surface area contributed by atoms with E-state index in [-0.39, 0.29) is 25.7 Å². The van der Waals surface area contributed by atoms with Crippen molar-refractivity contribution in [2.24, 2.45) is 0 Å². The Kier molecular flexibility index (Phi) is 69.1. The van der Waals surface area contributed by atoms with E-state index in [1.807, 2.05) is 0 Å². The molecule has 0 aliphatic carbocycles. The summed E-state index contributed by atoms with van der Waals surface area (Å²) < 4.78 is 68.5. The number of hydrogen-bond acceptors (Lipinski definition) is 15. The highest BCUT2D eigenvalue weighted by atomic mass is 31.2. The molecule has 17 nitrogen and oxygen atoms in total. The van der Waals surface area contributed by atoms with Crippen LogP contribution < -0.4 is 0 Å². The quantitative estimate of drug-likeness (QED) is 0.0169. The number of ether oxygens (including phenoxy) is 4. The Morgan fingerprint density at radius 2 is 0.479 bits per heavy atom. The number of esters is 4. The largest absolute Gasteiger partial charge is 0.472 e. The van der Waals surface area contributed by atoms with E-state index in [1.54, 1.807) is 0 Å². The van der Waals surface area contributed by atoms with Gasteiger partial charge in [-0.2, -0.15) is 0 Å². The van der Waals surface area contributed by atoms with Crippen molar-refractivity contribution in [3.63, 3.8) is 0 Å². The zero-order chi connectivity index (χ0) is 70.4. The molecule has 0 aliphatic rings. The normalized spacial score (nSPS) is 14.0. The topological polar surface area (TPSA) is 237 Å². The molecule has 0 fully saturated rings. The molecule has 19 heteroatoms. The van der Waals surface area contributed by atoms with Gasteiger partial charge in [-0.1, -0.05) is 309 Å². The lowest BCUT2D eigenvalue weighted by Gasteiger charge is -2.21. The van der Waals surface area contributed by atoms with Gasteiger partial charge >= 0.3 is 39.5 Å². The molecule has 0 spiro atoms. The third kappa shape index (κ3) is 70.0. The second kappa shape index (κ2) is 71.0. The molecule has 0 amide bonds. The second-order valence-corrected chi connectivity index (χ2v) is 29.9. The first-order valence-electron chi connectivity index (χ1n) is 39.6. The Hall–Kier alpha value is -2.46. The summed E-state index contributed by atoms with van der Waals surface area (Å²) in [7, 11) is -9.93. The van der Waals surface area contributed by atoms with Gasteiger partial charge in [-0.3, -0.25) is 37.3 Å². The first kappa shape index (κ1) is 93.5. The van der Waals surface area contributed by atoms with Gasteiger partial charge in [0.25, 0.3) is 0 Å². The minimum absolute atomic E-state index is 0.0937. The first-order chi connectivity index (χ1) is 46.7. The van der Waals surface area contributed by atoms with Crippen molar-refractivity contribution in [3.8, 4) is 0 Å². The van der Waals surface area contributed by atoms with Crippen molar-refractivity contribution in [1.82, 2.24) is 0 Å². The van der Waals surface area contributed by atoms with Crippen molar-refractivity contribution < 1.29 is 80.2 Å². The molecule has 96 heavy (non-hydrogen) atoms. The van der Waals surface area contributed by atoms with Gasteiger partial charge in [0.2, 0.25) is 0 Å². The van der Waals surface area contributed by atoms with Gasteiger partial charge < -0.3 is 33.8 Å². The lowest BCUT2D eigenvalue weighted by atomic mass is 10.0. The molecule has 2 unspecified atom stereocenters. The highest BCUT2D eigenvalue weighted by Crippen LogP contribution is 2.45. The van der Waals surface area contributed by atoms with Crippen LogP contribution in [0.25, 0.3) is 0 Å². The van der Waals surface area contributed by atoms with Crippen LogP contribution in [0.15, 0.2) is 24.3 Å². The fraction of sp³-hybridized carbons (Fsp3) is 0.896. The molecular formula is C77H146O17P2. The molecule has 0 aromatic heterocycles. The summed E-state index contributed by atoms with van der Waals surface area (Å²) >= 11 is 0. The molecular weight excluding hydrogens is 1260 g/mol. The van der Waals surface area contributed by atoms with E-state index >= 15 is 0 Å². The molecule has 0 saturated carbocycles. The minimum Gasteiger partial charge on any atom is -0.462 e. The average molecular weight is 1410 g/mol. The summed E-state index contributed by atoms with van der Waals surface area (Å²) in [6.07, 6.45) is 64.4. The highest BCUT2D eigenvalue weighted by Gasteiger charge is 2.30. The van der Waals surface area contributed by atoms with E-state index in [4.69, 9.17) is 37.0 Å². The number of carbonyl (C=O) groups is 4. The van der Waals surface area contributed by atoms with Crippen LogP contribution in [0.2, 0.25) is 0 Å². The molecule has 0 aromatic carbocycles. The number of unbranched alkanes of at least 4 members (excludes halogenated alkanes) is 46. The van der Waals surface area contributed by atoms with Gasteiger partial charge in [0.1, 0.15) is 19.3 Å². The summed E-state index contributed by atoms with van der Waals surface area (Å²) in [5.41, 5.74) is 0. The standard InChI is InChI=1S/C77H146O17P2/c1-5-9-13-17-21-25-29-33-35-39-43-47-51-55-59-63-76(81)93-72(67-87-74(79)61-57-53-49-45-41-37-31-27-23-19-15-11-7-3)69-91-95(83,84)89-65-71(78)66-90-96(85,86)92-70-73(68-88-75(80)62-58-54-50-46-42-38-32-28-24-20-16-12-8-4)94-77(82)64-60-56-52-48-44-40-36-34-30-26-22-18-14-10-6-2/h33-36,71-73,78H,5-32,37-70H2,1-4H3,(H,83,84)(H,85,86)/b35-33-,36-34-/t72-,73-/m1/s1. The van der Waals surface area contributed by atoms with E-state index in [1.165, 1.54) is 193 Å². The predicted octanol–water partition coefficient (Wildman–Crippen LogP) is 22.6. The van der Waals surface area contributed by atoms with Crippen LogP contribution in [0.5, 0.6) is 0 Å². The number of aliphatic hydroxyl groups excluding tert-OH is 1. The summed E-state index contributed by atoms with van der Waals surface area (Å²) in [5, 5.41) is 10.6. The van der Waals surface area contributed by atoms with Crippen LogP contribution in [0.1, 0.15) is 387 Å². The van der Waals surface area contributed by atoms with Crippen molar-refractivity contribution >= 4 is 39.5 Å². The third-order valence-corrected chi connectivity index (χ3v) is 19.3. The SMILES string of the molecule is CCCCCCCC/C=C\CCCCCCCC(=O)O[C@H](COC(=O)CCCCCCCCCCCCCCC)COP(=O)(O)OCC(O)COP(=O)(O)OC[C@@H](COC(=O)CCCCCCCCCCCCCCC)OC(=O)CCCCCCC/C=C\CCCCCCCC. The maximum Gasteiger partial charge on any atom is 0.472 e. The summed E-state index contributed by atoms with van der Waals surface area (Å²) in [4.78, 5) is 72.9. The zero-order valence-electron chi connectivity index (χ0n) is 61.8. The molecule has 3 N–H and O–H groups in total. The molecule has 0 radical (unpaired) electrons. The molecule has 0 heterocycles. The summed E-state index contributed by atoms with van der Waals surface area (Å²) in [6, 6.07) is 0. The Morgan fingerprint density at radius 1 is 0.281 bits per heavy atom. The van der Waals surface area contributed by atoms with E-state index in [2.05, 4.69) is 52.0 Å². The Labute approximate surface area is 586 Å². The molecule has 0 aromatic rings. The van der Waals surface area contributed by atoms with Gasteiger partial charge in [0, 0.05) is 25.7 Å². The van der Waals surface area contributed by atoms with Gasteiger partial charge in [-0.15, -0.1) is 0 Å². The van der Waals surface area contributed by atoms with Gasteiger partial charge in [0.15, 0.2) is 12.2 Å². The van der Waals surface area contributed by atoms with Gasteiger partial charge in [-0.05, 0) is 77.0 Å².